The molecule has 2 aromatic carbocycles. The van der Waals surface area contributed by atoms with Gasteiger partial charge in [-0.2, -0.15) is 0 Å². The quantitative estimate of drug-likeness (QED) is 0.337. The van der Waals surface area contributed by atoms with Crippen molar-refractivity contribution < 1.29 is 29.0 Å². The molecule has 2 aromatic rings. The average Bonchev–Trinajstić information content (AvgIpc) is 2.83. The Morgan fingerprint density at radius 2 is 1.67 bits per heavy atom. The number of anilines is 1. The molecule has 0 aliphatic rings. The summed E-state index contributed by atoms with van der Waals surface area (Å²) in [6, 6.07) is 9.72. The van der Waals surface area contributed by atoms with Gasteiger partial charge in [-0.25, -0.2) is 4.79 Å². The van der Waals surface area contributed by atoms with Gasteiger partial charge in [-0.15, -0.1) is 0 Å². The van der Waals surface area contributed by atoms with Crippen molar-refractivity contribution in [2.45, 2.75) is 78.5 Å². The van der Waals surface area contributed by atoms with Crippen molar-refractivity contribution in [2.24, 2.45) is 5.73 Å². The predicted molar refractivity (Wildman–Crippen MR) is 149 cm³/mol. The largest absolute Gasteiger partial charge is 0.507 e. The summed E-state index contributed by atoms with van der Waals surface area (Å²) in [6.45, 7) is 10.6. The van der Waals surface area contributed by atoms with Crippen LogP contribution in [-0.4, -0.2) is 52.0 Å². The van der Waals surface area contributed by atoms with Crippen LogP contribution >= 0.6 is 0 Å². The molecule has 0 bridgehead atoms. The first-order valence-corrected chi connectivity index (χ1v) is 13.0. The number of phenolic OH excluding ortho intramolecular Hbond substituents is 1. The van der Waals surface area contributed by atoms with Gasteiger partial charge in [0, 0.05) is 24.2 Å². The zero-order valence-electron chi connectivity index (χ0n) is 23.5. The average molecular weight is 541 g/mol. The number of ether oxygens (including phenoxy) is 1. The second-order valence-electron chi connectivity index (χ2n) is 10.5. The number of aromatic hydroxyl groups is 1. The highest BCUT2D eigenvalue weighted by molar-refractivity contribution is 6.00. The highest BCUT2D eigenvalue weighted by Gasteiger charge is 2.37. The van der Waals surface area contributed by atoms with Crippen LogP contribution in [0.1, 0.15) is 69.7 Å². The number of aryl methyl sites for hydroxylation is 2. The van der Waals surface area contributed by atoms with E-state index in [0.717, 1.165) is 5.56 Å². The molecule has 212 valence electrons. The van der Waals surface area contributed by atoms with Gasteiger partial charge >= 0.3 is 6.09 Å². The lowest BCUT2D eigenvalue weighted by atomic mass is 9.98. The van der Waals surface area contributed by atoms with E-state index in [2.05, 4.69) is 10.6 Å². The SMILES string of the molecule is CCCN(C(=O)C(CCC(N)=O)NC(=O)OC(C)(C)C)C(C(=O)Nc1ccccc1C)c1cccc(C)c1O. The van der Waals surface area contributed by atoms with Gasteiger partial charge in [0.25, 0.3) is 5.91 Å². The number of phenols is 1. The predicted octanol–water partition coefficient (Wildman–Crippen LogP) is 4.09. The Bertz CT molecular complexity index is 1190. The number of amides is 4. The Labute approximate surface area is 229 Å². The first-order chi connectivity index (χ1) is 18.2. The standard InChI is InChI=1S/C29H40N4O6/c1-7-17-33(27(37)22(15-16-23(30)34)32-28(38)39-29(4,5)6)24(20-13-10-12-19(3)25(20)35)26(36)31-21-14-9-8-11-18(21)2/h8-14,22,24,35H,7,15-17H2,1-6H3,(H2,30,34)(H,31,36)(H,32,38). The minimum atomic E-state index is -1.24. The number of benzene rings is 2. The summed E-state index contributed by atoms with van der Waals surface area (Å²) in [5.74, 6) is -1.93. The molecule has 10 nitrogen and oxygen atoms in total. The molecule has 5 N–H and O–H groups in total. The molecule has 4 amide bonds. The van der Waals surface area contributed by atoms with Gasteiger partial charge in [0.15, 0.2) is 0 Å². The molecule has 0 aliphatic heterocycles. The second kappa shape index (κ2) is 13.6. The third kappa shape index (κ3) is 9.01. The molecule has 0 saturated carbocycles. The molecule has 2 unspecified atom stereocenters. The maximum Gasteiger partial charge on any atom is 0.408 e. The fourth-order valence-electron chi connectivity index (χ4n) is 4.07. The van der Waals surface area contributed by atoms with Crippen molar-refractivity contribution in [1.82, 2.24) is 10.2 Å². The molecule has 0 heterocycles. The lowest BCUT2D eigenvalue weighted by Crippen LogP contribution is -2.52. The van der Waals surface area contributed by atoms with Crippen LogP contribution in [0.5, 0.6) is 5.75 Å². The molecule has 0 spiro atoms. The number of alkyl carbamates (subject to hydrolysis) is 1. The molecule has 0 saturated heterocycles. The first kappa shape index (κ1) is 31.1. The summed E-state index contributed by atoms with van der Waals surface area (Å²) in [7, 11) is 0. The fraction of sp³-hybridized carbons (Fsp3) is 0.448. The van der Waals surface area contributed by atoms with Crippen LogP contribution in [0.2, 0.25) is 0 Å². The van der Waals surface area contributed by atoms with Crippen LogP contribution in [0.15, 0.2) is 42.5 Å². The molecule has 39 heavy (non-hydrogen) atoms. The molecule has 0 aromatic heterocycles. The van der Waals surface area contributed by atoms with Crippen molar-refractivity contribution in [2.75, 3.05) is 11.9 Å². The highest BCUT2D eigenvalue weighted by atomic mass is 16.6. The fourth-order valence-corrected chi connectivity index (χ4v) is 4.07. The first-order valence-electron chi connectivity index (χ1n) is 13.0. The molecule has 0 radical (unpaired) electrons. The molecular weight excluding hydrogens is 500 g/mol. The van der Waals surface area contributed by atoms with Crippen LogP contribution in [0.25, 0.3) is 0 Å². The number of rotatable bonds is 11. The number of hydrogen-bond donors (Lipinski definition) is 4. The minimum Gasteiger partial charge on any atom is -0.507 e. The van der Waals surface area contributed by atoms with Crippen LogP contribution in [-0.2, 0) is 19.1 Å². The number of nitrogens with zero attached hydrogens (tertiary/aromatic N) is 1. The number of nitrogens with two attached hydrogens (primary N) is 1. The van der Waals surface area contributed by atoms with Crippen LogP contribution < -0.4 is 16.4 Å². The smallest absolute Gasteiger partial charge is 0.408 e. The molecule has 0 aliphatic carbocycles. The van der Waals surface area contributed by atoms with E-state index in [1.165, 1.54) is 4.90 Å². The maximum atomic E-state index is 14.0. The Balaban J connectivity index is 2.57. The second-order valence-corrected chi connectivity index (χ2v) is 10.5. The third-order valence-corrected chi connectivity index (χ3v) is 5.94. The van der Waals surface area contributed by atoms with E-state index in [9.17, 15) is 24.3 Å². The van der Waals surface area contributed by atoms with E-state index < -0.39 is 41.5 Å². The third-order valence-electron chi connectivity index (χ3n) is 5.94. The number of primary amides is 1. The molecular formula is C29H40N4O6. The van der Waals surface area contributed by atoms with Gasteiger partial charge < -0.3 is 31.1 Å². The van der Waals surface area contributed by atoms with Crippen molar-refractivity contribution in [3.05, 3.63) is 59.2 Å². The minimum absolute atomic E-state index is 0.0977. The lowest BCUT2D eigenvalue weighted by molar-refractivity contribution is -0.141. The highest BCUT2D eigenvalue weighted by Crippen LogP contribution is 2.33. The van der Waals surface area contributed by atoms with Crippen LogP contribution in [0.4, 0.5) is 10.5 Å². The van der Waals surface area contributed by atoms with E-state index in [1.54, 1.807) is 58.0 Å². The zero-order valence-corrected chi connectivity index (χ0v) is 23.5. The maximum absolute atomic E-state index is 14.0. The van der Waals surface area contributed by atoms with Gasteiger partial charge in [-0.05, 0) is 64.7 Å². The summed E-state index contributed by atoms with van der Waals surface area (Å²) < 4.78 is 5.33. The van der Waals surface area contributed by atoms with Gasteiger partial charge in [-0.1, -0.05) is 43.3 Å². The number of carbonyl (C=O) groups is 4. The number of carbonyl (C=O) groups excluding carboxylic acids is 4. The summed E-state index contributed by atoms with van der Waals surface area (Å²) in [6.07, 6.45) is -0.649. The number of hydrogen-bond acceptors (Lipinski definition) is 6. The van der Waals surface area contributed by atoms with Gasteiger partial charge in [0.1, 0.15) is 23.4 Å². The Morgan fingerprint density at radius 3 is 2.26 bits per heavy atom. The van der Waals surface area contributed by atoms with Crippen LogP contribution in [0.3, 0.4) is 0 Å². The Morgan fingerprint density at radius 1 is 1.03 bits per heavy atom. The van der Waals surface area contributed by atoms with E-state index >= 15 is 0 Å². The molecule has 10 heteroatoms. The van der Waals surface area contributed by atoms with E-state index in [0.29, 0.717) is 17.7 Å². The van der Waals surface area contributed by atoms with Gasteiger partial charge in [0.2, 0.25) is 11.8 Å². The summed E-state index contributed by atoms with van der Waals surface area (Å²) in [5.41, 5.74) is 6.65. The lowest BCUT2D eigenvalue weighted by Gasteiger charge is -2.34. The van der Waals surface area contributed by atoms with Crippen LogP contribution in [0, 0.1) is 13.8 Å². The Kier molecular flexibility index (Phi) is 10.9. The summed E-state index contributed by atoms with van der Waals surface area (Å²) >= 11 is 0. The molecule has 2 atom stereocenters. The summed E-state index contributed by atoms with van der Waals surface area (Å²) in [5, 5.41) is 16.4. The van der Waals surface area contributed by atoms with Gasteiger partial charge in [-0.3, -0.25) is 14.4 Å². The van der Waals surface area contributed by atoms with Gasteiger partial charge in [0.05, 0.1) is 0 Å². The van der Waals surface area contributed by atoms with E-state index in [4.69, 9.17) is 10.5 Å². The monoisotopic (exact) mass is 540 g/mol. The van der Waals surface area contributed by atoms with E-state index in [-0.39, 0.29) is 30.7 Å². The number of nitrogens with one attached hydrogen (secondary N) is 2. The van der Waals surface area contributed by atoms with Crippen molar-refractivity contribution in [1.29, 1.82) is 0 Å². The topological polar surface area (TPSA) is 151 Å². The summed E-state index contributed by atoms with van der Waals surface area (Å²) in [4.78, 5) is 53.4. The normalized spacial score (nSPS) is 12.7. The number of para-hydroxylation sites is 2. The molecule has 0 fully saturated rings. The van der Waals surface area contributed by atoms with E-state index in [1.807, 2.05) is 26.0 Å². The van der Waals surface area contributed by atoms with Crippen molar-refractivity contribution in [3.8, 4) is 5.75 Å². The molecule has 2 rings (SSSR count). The Hall–Kier alpha value is -4.08. The van der Waals surface area contributed by atoms with Crippen molar-refractivity contribution >= 4 is 29.5 Å². The zero-order chi connectivity index (χ0) is 29.3. The van der Waals surface area contributed by atoms with Crippen molar-refractivity contribution in [3.63, 3.8) is 0 Å².